The van der Waals surface area contributed by atoms with Crippen LogP contribution in [0.3, 0.4) is 0 Å². The number of rotatable bonds is 4. The van der Waals surface area contributed by atoms with Gasteiger partial charge in [-0.25, -0.2) is 9.59 Å². The van der Waals surface area contributed by atoms with Gasteiger partial charge in [0.1, 0.15) is 17.8 Å². The molecule has 0 spiro atoms. The smallest absolute Gasteiger partial charge is 0.422 e. The van der Waals surface area contributed by atoms with Gasteiger partial charge in [0, 0.05) is 11.8 Å². The van der Waals surface area contributed by atoms with Crippen molar-refractivity contribution in [2.24, 2.45) is 23.2 Å². The molecule has 0 amide bonds. The van der Waals surface area contributed by atoms with Crippen LogP contribution >= 0.6 is 0 Å². The third kappa shape index (κ3) is 2.69. The van der Waals surface area contributed by atoms with Gasteiger partial charge in [-0.1, -0.05) is 20.4 Å². The van der Waals surface area contributed by atoms with E-state index in [0.717, 1.165) is 0 Å². The van der Waals surface area contributed by atoms with Crippen molar-refractivity contribution in [3.8, 4) is 0 Å². The molecule has 5 atom stereocenters. The zero-order valence-electron chi connectivity index (χ0n) is 13.6. The molecule has 0 radical (unpaired) electrons. The quantitative estimate of drug-likeness (QED) is 0.431. The average molecular weight is 362 g/mol. The SMILES string of the molecule is C=C(C(=O)OCC(=O)OC1C2OC(=O)C3C2CC1C3(C)C)C(F)(F)F. The van der Waals surface area contributed by atoms with Gasteiger partial charge in [0.25, 0.3) is 0 Å². The maximum Gasteiger partial charge on any atom is 0.422 e. The molecule has 1 heterocycles. The van der Waals surface area contributed by atoms with Crippen molar-refractivity contribution in [2.45, 2.75) is 38.7 Å². The number of carbonyl (C=O) groups is 3. The highest BCUT2D eigenvalue weighted by atomic mass is 19.4. The second-order valence-electron chi connectivity index (χ2n) is 7.21. The maximum absolute atomic E-state index is 12.3. The van der Waals surface area contributed by atoms with Crippen LogP contribution in [0.15, 0.2) is 12.2 Å². The molecule has 2 saturated carbocycles. The van der Waals surface area contributed by atoms with Crippen molar-refractivity contribution in [2.75, 3.05) is 6.61 Å². The molecular weight excluding hydrogens is 345 g/mol. The molecule has 9 heteroatoms. The Bertz CT molecular complexity index is 653. The fraction of sp³-hybridized carbons (Fsp3) is 0.688. The second kappa shape index (κ2) is 5.47. The van der Waals surface area contributed by atoms with Crippen LogP contribution in [0.4, 0.5) is 13.2 Å². The third-order valence-electron chi connectivity index (χ3n) is 5.54. The summed E-state index contributed by atoms with van der Waals surface area (Å²) in [7, 11) is 0. The van der Waals surface area contributed by atoms with Gasteiger partial charge >= 0.3 is 24.1 Å². The van der Waals surface area contributed by atoms with E-state index in [1.54, 1.807) is 0 Å². The van der Waals surface area contributed by atoms with Gasteiger partial charge in [0.15, 0.2) is 6.61 Å². The first-order valence-electron chi connectivity index (χ1n) is 7.77. The number of alkyl halides is 3. The summed E-state index contributed by atoms with van der Waals surface area (Å²) >= 11 is 0. The topological polar surface area (TPSA) is 78.9 Å². The normalized spacial score (nSPS) is 34.6. The molecule has 138 valence electrons. The molecule has 1 saturated heterocycles. The summed E-state index contributed by atoms with van der Waals surface area (Å²) in [5.41, 5.74) is -2.10. The van der Waals surface area contributed by atoms with Crippen LogP contribution in [-0.2, 0) is 28.6 Å². The predicted octanol–water partition coefficient (Wildman–Crippen LogP) is 1.78. The largest absolute Gasteiger partial charge is 0.458 e. The van der Waals surface area contributed by atoms with Gasteiger partial charge in [0.05, 0.1) is 5.92 Å². The van der Waals surface area contributed by atoms with E-state index < -0.39 is 47.9 Å². The highest BCUT2D eigenvalue weighted by molar-refractivity contribution is 5.90. The zero-order valence-corrected chi connectivity index (χ0v) is 13.6. The van der Waals surface area contributed by atoms with E-state index in [-0.39, 0.29) is 23.7 Å². The summed E-state index contributed by atoms with van der Waals surface area (Å²) < 4.78 is 51.8. The van der Waals surface area contributed by atoms with E-state index in [1.807, 2.05) is 13.8 Å². The number of esters is 3. The predicted molar refractivity (Wildman–Crippen MR) is 74.8 cm³/mol. The lowest BCUT2D eigenvalue weighted by Crippen LogP contribution is -2.45. The monoisotopic (exact) mass is 362 g/mol. The molecule has 6 nitrogen and oxygen atoms in total. The minimum atomic E-state index is -4.93. The average Bonchev–Trinajstić information content (AvgIpc) is 3.06. The summed E-state index contributed by atoms with van der Waals surface area (Å²) in [6.07, 6.45) is -5.47. The van der Waals surface area contributed by atoms with Crippen molar-refractivity contribution in [3.05, 3.63) is 12.2 Å². The Labute approximate surface area is 141 Å². The van der Waals surface area contributed by atoms with Crippen LogP contribution in [0.25, 0.3) is 0 Å². The molecule has 0 aromatic rings. The van der Waals surface area contributed by atoms with E-state index in [9.17, 15) is 27.6 Å². The van der Waals surface area contributed by atoms with Crippen LogP contribution in [0.1, 0.15) is 20.3 Å². The first kappa shape index (κ1) is 17.8. The molecule has 5 unspecified atom stereocenters. The number of hydrogen-bond donors (Lipinski definition) is 0. The lowest BCUT2D eigenvalue weighted by Gasteiger charge is -2.37. The Hall–Kier alpha value is -2.06. The molecule has 0 N–H and O–H groups in total. The fourth-order valence-corrected chi connectivity index (χ4v) is 4.37. The van der Waals surface area contributed by atoms with Crippen LogP contribution in [-0.4, -0.2) is 42.9 Å². The fourth-order valence-electron chi connectivity index (χ4n) is 4.37. The van der Waals surface area contributed by atoms with Crippen molar-refractivity contribution >= 4 is 17.9 Å². The number of carbonyl (C=O) groups excluding carboxylic acids is 3. The Morgan fingerprint density at radius 2 is 2.00 bits per heavy atom. The van der Waals surface area contributed by atoms with E-state index in [4.69, 9.17) is 9.47 Å². The van der Waals surface area contributed by atoms with Gasteiger partial charge in [-0.15, -0.1) is 0 Å². The number of hydrogen-bond acceptors (Lipinski definition) is 6. The van der Waals surface area contributed by atoms with Crippen LogP contribution in [0.5, 0.6) is 0 Å². The highest BCUT2D eigenvalue weighted by Crippen LogP contribution is 2.64. The zero-order chi connectivity index (χ0) is 18.7. The summed E-state index contributed by atoms with van der Waals surface area (Å²) in [4.78, 5) is 35.1. The second-order valence-corrected chi connectivity index (χ2v) is 7.21. The van der Waals surface area contributed by atoms with Crippen molar-refractivity contribution in [3.63, 3.8) is 0 Å². The van der Waals surface area contributed by atoms with Crippen molar-refractivity contribution < 1.29 is 41.8 Å². The summed E-state index contributed by atoms with van der Waals surface area (Å²) in [5, 5.41) is 0. The van der Waals surface area contributed by atoms with Crippen LogP contribution in [0.2, 0.25) is 0 Å². The molecule has 3 aliphatic rings. The van der Waals surface area contributed by atoms with E-state index >= 15 is 0 Å². The Kier molecular flexibility index (Phi) is 3.88. The van der Waals surface area contributed by atoms with E-state index in [2.05, 4.69) is 11.3 Å². The Morgan fingerprint density at radius 1 is 1.36 bits per heavy atom. The molecule has 1 aliphatic heterocycles. The minimum absolute atomic E-state index is 0.0298. The summed E-state index contributed by atoms with van der Waals surface area (Å²) in [6.45, 7) is 5.43. The van der Waals surface area contributed by atoms with Gasteiger partial charge < -0.3 is 14.2 Å². The summed E-state index contributed by atoms with van der Waals surface area (Å²) in [6, 6.07) is 0. The molecule has 2 bridgehead atoms. The van der Waals surface area contributed by atoms with Gasteiger partial charge in [-0.05, 0) is 11.8 Å². The lowest BCUT2D eigenvalue weighted by atomic mass is 9.68. The first-order chi connectivity index (χ1) is 11.4. The summed E-state index contributed by atoms with van der Waals surface area (Å²) in [5.74, 6) is -3.39. The Balaban J connectivity index is 1.59. The minimum Gasteiger partial charge on any atom is -0.458 e. The van der Waals surface area contributed by atoms with Crippen LogP contribution in [0, 0.1) is 23.2 Å². The van der Waals surface area contributed by atoms with Gasteiger partial charge in [-0.3, -0.25) is 4.79 Å². The third-order valence-corrected chi connectivity index (χ3v) is 5.54. The molecule has 25 heavy (non-hydrogen) atoms. The van der Waals surface area contributed by atoms with Gasteiger partial charge in [-0.2, -0.15) is 13.2 Å². The number of halogens is 3. The number of ether oxygens (including phenoxy) is 3. The molecule has 2 aliphatic carbocycles. The Morgan fingerprint density at radius 3 is 2.60 bits per heavy atom. The van der Waals surface area contributed by atoms with Crippen molar-refractivity contribution in [1.29, 1.82) is 0 Å². The van der Waals surface area contributed by atoms with E-state index in [1.165, 1.54) is 0 Å². The van der Waals surface area contributed by atoms with Crippen LogP contribution < -0.4 is 0 Å². The molecule has 0 aromatic heterocycles. The molecular formula is C16H17F3O6. The first-order valence-corrected chi connectivity index (χ1v) is 7.77. The molecule has 3 rings (SSSR count). The molecule has 3 fully saturated rings. The standard InChI is InChI=1S/C16H17F3O6/c1-6(16(17,18)19)13(21)23-5-9(20)24-12-8-4-7-10(15(8,2)3)14(22)25-11(7)12/h7-8,10-12H,1,4-5H2,2-3H3. The molecule has 0 aromatic carbocycles. The maximum atomic E-state index is 12.3. The van der Waals surface area contributed by atoms with Gasteiger partial charge in [0.2, 0.25) is 0 Å². The lowest BCUT2D eigenvalue weighted by molar-refractivity contribution is -0.172. The highest BCUT2D eigenvalue weighted by Gasteiger charge is 2.71. The number of fused-ring (bicyclic) bond motifs is 1. The van der Waals surface area contributed by atoms with E-state index in [0.29, 0.717) is 6.42 Å². The van der Waals surface area contributed by atoms with Crippen molar-refractivity contribution in [1.82, 2.24) is 0 Å².